The largest absolute Gasteiger partial charge is 0.384 e. The van der Waals surface area contributed by atoms with E-state index in [0.717, 1.165) is 86.4 Å². The zero-order valence-electron chi connectivity index (χ0n) is 33.0. The number of fused-ring (bicyclic) bond motifs is 3. The van der Waals surface area contributed by atoms with Gasteiger partial charge < -0.3 is 29.7 Å². The van der Waals surface area contributed by atoms with Crippen LogP contribution in [-0.4, -0.2) is 71.3 Å². The first-order valence-electron chi connectivity index (χ1n) is 20.9. The predicted molar refractivity (Wildman–Crippen MR) is 213 cm³/mol. The SMILES string of the molecule is C[C@H]1[C@@H](OCc2ccc(C(=O)N(CCCCNc3ccnc4cc(Cl)ccc34)CC(=O)NC3CCCCC3)cc2)OC2O[C@]3(C)CC[C@H]4[C@H](C)CC[C@@H]1[C@@]24OO3. The summed E-state index contributed by atoms with van der Waals surface area (Å²) in [4.78, 5) is 45.6. The summed E-state index contributed by atoms with van der Waals surface area (Å²) in [6, 6.07) is 15.4. The molecule has 5 heterocycles. The minimum Gasteiger partial charge on any atom is -0.384 e. The molecule has 4 saturated heterocycles. The number of benzene rings is 2. The predicted octanol–water partition coefficient (Wildman–Crippen LogP) is 8.40. The third-order valence-electron chi connectivity index (χ3n) is 13.2. The average Bonchev–Trinajstić information content (AvgIpc) is 3.43. The van der Waals surface area contributed by atoms with Crippen molar-refractivity contribution in [1.82, 2.24) is 15.2 Å². The molecule has 3 aromatic rings. The summed E-state index contributed by atoms with van der Waals surface area (Å²) >= 11 is 6.17. The van der Waals surface area contributed by atoms with Crippen LogP contribution in [0.3, 0.4) is 0 Å². The van der Waals surface area contributed by atoms with Crippen molar-refractivity contribution < 1.29 is 33.6 Å². The maximum atomic E-state index is 14.0. The lowest BCUT2D eigenvalue weighted by atomic mass is 9.58. The Balaban J connectivity index is 0.888. The van der Waals surface area contributed by atoms with Gasteiger partial charge in [0.05, 0.1) is 18.7 Å². The monoisotopic (exact) mass is 788 g/mol. The van der Waals surface area contributed by atoms with E-state index in [1.807, 2.05) is 55.5 Å². The van der Waals surface area contributed by atoms with Crippen molar-refractivity contribution in [3.05, 3.63) is 70.9 Å². The molecule has 12 heteroatoms. The molecule has 6 fully saturated rings. The van der Waals surface area contributed by atoms with Crippen LogP contribution in [0.2, 0.25) is 5.02 Å². The molecule has 8 atom stereocenters. The number of hydrogen-bond acceptors (Lipinski definition) is 9. The lowest BCUT2D eigenvalue weighted by molar-refractivity contribution is -0.577. The molecular weight excluding hydrogens is 732 g/mol. The van der Waals surface area contributed by atoms with Gasteiger partial charge in [0.2, 0.25) is 11.7 Å². The first kappa shape index (κ1) is 39.5. The van der Waals surface area contributed by atoms with E-state index in [9.17, 15) is 9.59 Å². The standard InChI is InChI=1S/C44H57ClN4O7/c1-28-11-18-36-29(2)41(53-42-44(36)35(28)19-21-43(3,54-42)55-56-44)52-27-30-12-14-31(15-13-30)40(51)49(26-39(50)48-33-9-5-4-6-10-33)24-8-7-22-46-37-20-23-47-38-25-32(45)16-17-34(37)38/h12-17,20,23,25,28-29,33,35-36,41-42H,4-11,18-19,21-22,24,26-27H2,1-3H3,(H,46,47)(H,48,50)/t28-,29-,35+,36+,41+,42?,43+,44-/m1/s1. The highest BCUT2D eigenvalue weighted by molar-refractivity contribution is 6.31. The summed E-state index contributed by atoms with van der Waals surface area (Å²) in [6.45, 7) is 7.96. The van der Waals surface area contributed by atoms with Gasteiger partial charge in [-0.15, -0.1) is 0 Å². The fourth-order valence-corrected chi connectivity index (χ4v) is 10.2. The Morgan fingerprint density at radius 3 is 2.61 bits per heavy atom. The first-order chi connectivity index (χ1) is 27.1. The molecule has 2 bridgehead atoms. The zero-order chi connectivity index (χ0) is 38.9. The number of pyridine rings is 1. The summed E-state index contributed by atoms with van der Waals surface area (Å²) in [5.41, 5.74) is 2.67. The number of halogens is 1. The van der Waals surface area contributed by atoms with Gasteiger partial charge >= 0.3 is 0 Å². The van der Waals surface area contributed by atoms with Gasteiger partial charge in [-0.05, 0) is 106 Å². The Hall–Kier alpha value is -3.32. The van der Waals surface area contributed by atoms with Crippen LogP contribution >= 0.6 is 11.6 Å². The Labute approximate surface area is 335 Å². The molecule has 2 N–H and O–H groups in total. The van der Waals surface area contributed by atoms with Crippen LogP contribution in [-0.2, 0) is 35.4 Å². The third kappa shape index (κ3) is 8.18. The van der Waals surface area contributed by atoms with Gasteiger partial charge in [0.25, 0.3) is 5.91 Å². The number of amides is 2. The van der Waals surface area contributed by atoms with Crippen molar-refractivity contribution in [2.75, 3.05) is 25.0 Å². The van der Waals surface area contributed by atoms with E-state index in [1.54, 1.807) is 11.1 Å². The quantitative estimate of drug-likeness (QED) is 0.130. The maximum Gasteiger partial charge on any atom is 0.254 e. The molecule has 9 rings (SSSR count). The number of ether oxygens (including phenoxy) is 3. The van der Waals surface area contributed by atoms with E-state index in [4.69, 9.17) is 35.6 Å². The van der Waals surface area contributed by atoms with Crippen LogP contribution in [0.4, 0.5) is 5.69 Å². The highest BCUT2D eigenvalue weighted by atomic mass is 35.5. The van der Waals surface area contributed by atoms with E-state index in [2.05, 4.69) is 29.5 Å². The number of unbranched alkanes of at least 4 members (excludes halogenated alkanes) is 1. The fourth-order valence-electron chi connectivity index (χ4n) is 10.0. The molecule has 2 aliphatic carbocycles. The van der Waals surface area contributed by atoms with Gasteiger partial charge in [0.1, 0.15) is 0 Å². The molecule has 2 aromatic carbocycles. The van der Waals surface area contributed by atoms with Crippen molar-refractivity contribution in [2.24, 2.45) is 23.7 Å². The van der Waals surface area contributed by atoms with Crippen LogP contribution < -0.4 is 10.6 Å². The average molecular weight is 789 g/mol. The van der Waals surface area contributed by atoms with Crippen LogP contribution in [0.1, 0.15) is 107 Å². The molecule has 1 unspecified atom stereocenters. The highest BCUT2D eigenvalue weighted by Crippen LogP contribution is 2.60. The van der Waals surface area contributed by atoms with Crippen molar-refractivity contribution >= 4 is 40.0 Å². The number of carbonyl (C=O) groups is 2. The summed E-state index contributed by atoms with van der Waals surface area (Å²) in [5, 5.41) is 8.37. The van der Waals surface area contributed by atoms with Crippen LogP contribution in [0.15, 0.2) is 54.7 Å². The number of aromatic nitrogens is 1. The summed E-state index contributed by atoms with van der Waals surface area (Å²) in [6.07, 6.45) is 11.6. The summed E-state index contributed by atoms with van der Waals surface area (Å²) < 4.78 is 19.6. The highest BCUT2D eigenvalue weighted by Gasteiger charge is 2.69. The van der Waals surface area contributed by atoms with Gasteiger partial charge in [-0.25, -0.2) is 9.78 Å². The second-order valence-electron chi connectivity index (χ2n) is 17.1. The second-order valence-corrected chi connectivity index (χ2v) is 17.5. The van der Waals surface area contributed by atoms with Crippen LogP contribution in [0.5, 0.6) is 0 Å². The summed E-state index contributed by atoms with van der Waals surface area (Å²) in [5.74, 6) is -0.0492. The lowest BCUT2D eigenvalue weighted by Gasteiger charge is -2.60. The Kier molecular flexibility index (Phi) is 11.9. The Morgan fingerprint density at radius 2 is 1.79 bits per heavy atom. The summed E-state index contributed by atoms with van der Waals surface area (Å²) in [7, 11) is 0. The minimum atomic E-state index is -0.836. The van der Waals surface area contributed by atoms with E-state index in [1.165, 1.54) is 6.42 Å². The van der Waals surface area contributed by atoms with Gasteiger partial charge in [-0.3, -0.25) is 14.6 Å². The number of hydrogen-bond donors (Lipinski definition) is 2. The molecule has 11 nitrogen and oxygen atoms in total. The van der Waals surface area contributed by atoms with Gasteiger partial charge in [-0.2, -0.15) is 0 Å². The smallest absolute Gasteiger partial charge is 0.254 e. The number of anilines is 1. The Morgan fingerprint density at radius 1 is 0.964 bits per heavy atom. The third-order valence-corrected chi connectivity index (χ3v) is 13.4. The molecule has 2 saturated carbocycles. The first-order valence-corrected chi connectivity index (χ1v) is 21.3. The molecule has 302 valence electrons. The molecular formula is C44H57ClN4O7. The number of nitrogens with one attached hydrogen (secondary N) is 2. The van der Waals surface area contributed by atoms with E-state index in [0.29, 0.717) is 42.1 Å². The van der Waals surface area contributed by atoms with Crippen molar-refractivity contribution in [1.29, 1.82) is 0 Å². The number of carbonyl (C=O) groups excluding carboxylic acids is 2. The van der Waals surface area contributed by atoms with Crippen molar-refractivity contribution in [3.63, 3.8) is 0 Å². The number of rotatable bonds is 13. The molecule has 1 aromatic heterocycles. The maximum absolute atomic E-state index is 14.0. The molecule has 1 spiro atoms. The van der Waals surface area contributed by atoms with E-state index >= 15 is 0 Å². The van der Waals surface area contributed by atoms with Gasteiger partial charge in [0, 0.05) is 65.2 Å². The second kappa shape index (κ2) is 16.9. The fraction of sp³-hybridized carbons (Fsp3) is 0.614. The molecule has 0 radical (unpaired) electrons. The molecule has 6 aliphatic rings. The van der Waals surface area contributed by atoms with Crippen molar-refractivity contribution in [2.45, 2.75) is 128 Å². The lowest BCUT2D eigenvalue weighted by Crippen LogP contribution is -2.70. The van der Waals surface area contributed by atoms with Crippen LogP contribution in [0.25, 0.3) is 10.9 Å². The van der Waals surface area contributed by atoms with Crippen molar-refractivity contribution in [3.8, 4) is 0 Å². The van der Waals surface area contributed by atoms with E-state index in [-0.39, 0.29) is 36.2 Å². The zero-order valence-corrected chi connectivity index (χ0v) is 33.7. The Bertz CT molecular complexity index is 1860. The molecule has 4 aliphatic heterocycles. The van der Waals surface area contributed by atoms with Gasteiger partial charge in [0.15, 0.2) is 18.2 Å². The van der Waals surface area contributed by atoms with E-state index < -0.39 is 24.0 Å². The number of nitrogens with zero attached hydrogens (tertiary/aromatic N) is 2. The van der Waals surface area contributed by atoms with Gasteiger partial charge in [-0.1, -0.05) is 56.8 Å². The van der Waals surface area contributed by atoms with Crippen LogP contribution in [0, 0.1) is 23.7 Å². The minimum absolute atomic E-state index is 0.0274. The molecule has 2 amide bonds. The topological polar surface area (TPSA) is 120 Å². The molecule has 56 heavy (non-hydrogen) atoms. The normalized spacial score (nSPS) is 31.4.